The number of anilines is 1. The van der Waals surface area contributed by atoms with Crippen molar-refractivity contribution in [1.29, 1.82) is 0 Å². The van der Waals surface area contributed by atoms with E-state index in [1.54, 1.807) is 4.90 Å². The first-order valence-corrected chi connectivity index (χ1v) is 9.23. The quantitative estimate of drug-likeness (QED) is 0.821. The molecule has 1 aliphatic carbocycles. The van der Waals surface area contributed by atoms with Crippen LogP contribution in [-0.2, 0) is 11.3 Å². The van der Waals surface area contributed by atoms with E-state index in [-0.39, 0.29) is 12.0 Å². The summed E-state index contributed by atoms with van der Waals surface area (Å²) in [4.78, 5) is 18.4. The van der Waals surface area contributed by atoms with Crippen molar-refractivity contribution >= 4 is 11.6 Å². The fraction of sp³-hybridized carbons (Fsp3) is 0.650. The Kier molecular flexibility index (Phi) is 7.26. The minimum Gasteiger partial charge on any atom is -0.393 e. The van der Waals surface area contributed by atoms with Crippen molar-refractivity contribution in [2.75, 3.05) is 46.2 Å². The molecule has 2 rings (SSSR count). The molecule has 0 aliphatic heterocycles. The molecule has 1 fully saturated rings. The maximum atomic E-state index is 12.5. The molecule has 0 aromatic heterocycles. The summed E-state index contributed by atoms with van der Waals surface area (Å²) in [5.74, 6) is 0.417. The predicted molar refractivity (Wildman–Crippen MR) is 103 cm³/mol. The van der Waals surface area contributed by atoms with Crippen LogP contribution in [0.25, 0.3) is 0 Å². The zero-order chi connectivity index (χ0) is 18.4. The Hall–Kier alpha value is -1.59. The monoisotopic (exact) mass is 347 g/mol. The number of amides is 1. The molecule has 1 amide bonds. The number of nitrogens with zero attached hydrogens (tertiary/aromatic N) is 3. The first kappa shape index (κ1) is 19.7. The van der Waals surface area contributed by atoms with Crippen molar-refractivity contribution in [1.82, 2.24) is 9.80 Å². The summed E-state index contributed by atoms with van der Waals surface area (Å²) in [6, 6.07) is 8.29. The van der Waals surface area contributed by atoms with Gasteiger partial charge in [0.15, 0.2) is 0 Å². The van der Waals surface area contributed by atoms with E-state index < -0.39 is 0 Å². The van der Waals surface area contributed by atoms with Crippen molar-refractivity contribution < 1.29 is 9.90 Å². The lowest BCUT2D eigenvalue weighted by molar-refractivity contribution is -0.131. The molecule has 0 radical (unpaired) electrons. The molecule has 0 heterocycles. The molecule has 2 atom stereocenters. The van der Waals surface area contributed by atoms with Gasteiger partial charge >= 0.3 is 0 Å². The first-order valence-electron chi connectivity index (χ1n) is 9.23. The Balaban J connectivity index is 1.80. The molecule has 0 saturated heterocycles. The fourth-order valence-electron chi connectivity index (χ4n) is 3.48. The zero-order valence-corrected chi connectivity index (χ0v) is 16.1. The third kappa shape index (κ3) is 6.01. The minimum atomic E-state index is -0.209. The lowest BCUT2D eigenvalue weighted by atomic mass is 9.86. The number of benzene rings is 1. The number of hydrogen-bond donors (Lipinski definition) is 1. The van der Waals surface area contributed by atoms with Crippen LogP contribution in [0, 0.1) is 5.92 Å². The Morgan fingerprint density at radius 3 is 2.32 bits per heavy atom. The van der Waals surface area contributed by atoms with Gasteiger partial charge in [-0.25, -0.2) is 0 Å². The van der Waals surface area contributed by atoms with Crippen molar-refractivity contribution in [3.63, 3.8) is 0 Å². The van der Waals surface area contributed by atoms with Gasteiger partial charge in [0, 0.05) is 39.9 Å². The Bertz CT molecular complexity index is 544. The Morgan fingerprint density at radius 1 is 1.08 bits per heavy atom. The van der Waals surface area contributed by atoms with Gasteiger partial charge in [0.2, 0.25) is 5.91 Å². The Morgan fingerprint density at radius 2 is 1.72 bits per heavy atom. The summed E-state index contributed by atoms with van der Waals surface area (Å²) < 4.78 is 0. The van der Waals surface area contributed by atoms with E-state index in [1.807, 2.05) is 33.1 Å². The number of carbonyl (C=O) groups excluding carboxylic acids is 1. The summed E-state index contributed by atoms with van der Waals surface area (Å²) >= 11 is 0. The normalized spacial score (nSPS) is 20.6. The molecule has 5 heteroatoms. The molecule has 1 aromatic rings. The molecule has 1 aromatic carbocycles. The van der Waals surface area contributed by atoms with Gasteiger partial charge in [0.1, 0.15) is 0 Å². The van der Waals surface area contributed by atoms with Crippen molar-refractivity contribution in [3.05, 3.63) is 29.8 Å². The highest BCUT2D eigenvalue weighted by Gasteiger charge is 2.25. The predicted octanol–water partition coefficient (Wildman–Crippen LogP) is 2.19. The van der Waals surface area contributed by atoms with Crippen LogP contribution in [-0.4, -0.2) is 68.2 Å². The second kappa shape index (κ2) is 9.20. The van der Waals surface area contributed by atoms with Gasteiger partial charge in [-0.15, -0.1) is 0 Å². The summed E-state index contributed by atoms with van der Waals surface area (Å²) in [5.41, 5.74) is 2.29. The van der Waals surface area contributed by atoms with E-state index in [4.69, 9.17) is 0 Å². The van der Waals surface area contributed by atoms with Crippen LogP contribution in [0.1, 0.15) is 31.2 Å². The largest absolute Gasteiger partial charge is 0.393 e. The lowest BCUT2D eigenvalue weighted by Gasteiger charge is -2.31. The summed E-state index contributed by atoms with van der Waals surface area (Å²) in [5, 5.41) is 10.1. The maximum Gasteiger partial charge on any atom is 0.236 e. The number of aliphatic hydroxyl groups is 1. The molecule has 1 aliphatic rings. The summed E-state index contributed by atoms with van der Waals surface area (Å²) in [6.07, 6.45) is 4.06. The number of carbonyl (C=O) groups is 1. The van der Waals surface area contributed by atoms with Gasteiger partial charge in [-0.1, -0.05) is 25.0 Å². The molecule has 0 bridgehead atoms. The average molecular weight is 348 g/mol. The lowest BCUT2D eigenvalue weighted by Crippen LogP contribution is -2.41. The zero-order valence-electron chi connectivity index (χ0n) is 16.1. The molecule has 1 N–H and O–H groups in total. The SMILES string of the molecule is CN(CC(=O)N(C)Cc1ccc(N(C)C)cc1)CC1CCCCC1O. The molecular weight excluding hydrogens is 314 g/mol. The van der Waals surface area contributed by atoms with Gasteiger partial charge in [0.25, 0.3) is 0 Å². The number of aliphatic hydroxyl groups excluding tert-OH is 1. The molecule has 0 spiro atoms. The van der Waals surface area contributed by atoms with Crippen LogP contribution < -0.4 is 4.90 Å². The fourth-order valence-corrected chi connectivity index (χ4v) is 3.48. The number of likely N-dealkylation sites (N-methyl/N-ethyl adjacent to an activating group) is 2. The highest BCUT2D eigenvalue weighted by atomic mass is 16.3. The van der Waals surface area contributed by atoms with Crippen LogP contribution in [0.5, 0.6) is 0 Å². The molecule has 25 heavy (non-hydrogen) atoms. The summed E-state index contributed by atoms with van der Waals surface area (Å²) in [6.45, 7) is 1.81. The minimum absolute atomic E-state index is 0.115. The van der Waals surface area contributed by atoms with E-state index in [9.17, 15) is 9.90 Å². The van der Waals surface area contributed by atoms with Crippen LogP contribution in [0.3, 0.4) is 0 Å². The van der Waals surface area contributed by atoms with Crippen LogP contribution in [0.4, 0.5) is 5.69 Å². The van der Waals surface area contributed by atoms with Crippen LogP contribution in [0.2, 0.25) is 0 Å². The molecule has 140 valence electrons. The topological polar surface area (TPSA) is 47.0 Å². The van der Waals surface area contributed by atoms with Gasteiger partial charge in [-0.05, 0) is 43.5 Å². The average Bonchev–Trinajstić information content (AvgIpc) is 2.57. The van der Waals surface area contributed by atoms with E-state index in [2.05, 4.69) is 29.2 Å². The van der Waals surface area contributed by atoms with Crippen molar-refractivity contribution in [3.8, 4) is 0 Å². The van der Waals surface area contributed by atoms with Crippen molar-refractivity contribution in [2.24, 2.45) is 5.92 Å². The third-order valence-electron chi connectivity index (χ3n) is 5.12. The highest BCUT2D eigenvalue weighted by Crippen LogP contribution is 2.24. The van der Waals surface area contributed by atoms with Gasteiger partial charge in [-0.3, -0.25) is 9.69 Å². The van der Waals surface area contributed by atoms with E-state index in [0.29, 0.717) is 19.0 Å². The third-order valence-corrected chi connectivity index (χ3v) is 5.12. The first-order chi connectivity index (χ1) is 11.9. The maximum absolute atomic E-state index is 12.5. The van der Waals surface area contributed by atoms with E-state index in [1.165, 1.54) is 6.42 Å². The summed E-state index contributed by atoms with van der Waals surface area (Å²) in [7, 11) is 7.86. The highest BCUT2D eigenvalue weighted by molar-refractivity contribution is 5.78. The van der Waals surface area contributed by atoms with Crippen molar-refractivity contribution in [2.45, 2.75) is 38.3 Å². The smallest absolute Gasteiger partial charge is 0.236 e. The standard InChI is InChI=1S/C20H33N3O2/c1-21(2)18-11-9-16(10-12-18)13-23(4)20(25)15-22(3)14-17-7-5-6-8-19(17)24/h9-12,17,19,24H,5-8,13-15H2,1-4H3. The van der Waals surface area contributed by atoms with Gasteiger partial charge in [0.05, 0.1) is 12.6 Å². The number of hydrogen-bond acceptors (Lipinski definition) is 4. The molecule has 5 nitrogen and oxygen atoms in total. The van der Waals surface area contributed by atoms with E-state index in [0.717, 1.165) is 37.1 Å². The molecule has 2 unspecified atom stereocenters. The second-order valence-corrected chi connectivity index (χ2v) is 7.62. The molecule has 1 saturated carbocycles. The molecular formula is C20H33N3O2. The van der Waals surface area contributed by atoms with Gasteiger partial charge < -0.3 is 14.9 Å². The van der Waals surface area contributed by atoms with Crippen LogP contribution >= 0.6 is 0 Å². The van der Waals surface area contributed by atoms with Gasteiger partial charge in [-0.2, -0.15) is 0 Å². The number of rotatable bonds is 7. The Labute approximate surface area is 152 Å². The second-order valence-electron chi connectivity index (χ2n) is 7.62. The van der Waals surface area contributed by atoms with E-state index >= 15 is 0 Å². The van der Waals surface area contributed by atoms with Crippen LogP contribution in [0.15, 0.2) is 24.3 Å².